The molecule has 0 radical (unpaired) electrons. The zero-order valence-electron chi connectivity index (χ0n) is 17.3. The van der Waals surface area contributed by atoms with Gasteiger partial charge >= 0.3 is 0 Å². The summed E-state index contributed by atoms with van der Waals surface area (Å²) in [6, 6.07) is 1.22. The Morgan fingerprint density at radius 3 is 2.28 bits per heavy atom. The van der Waals surface area contributed by atoms with Gasteiger partial charge in [-0.1, -0.05) is 34.6 Å². The van der Waals surface area contributed by atoms with E-state index in [9.17, 15) is 0 Å². The van der Waals surface area contributed by atoms with Crippen LogP contribution < -0.4 is 10.6 Å². The van der Waals surface area contributed by atoms with Gasteiger partial charge in [-0.25, -0.2) is 0 Å². The van der Waals surface area contributed by atoms with Crippen molar-refractivity contribution in [3.8, 4) is 0 Å². The molecule has 1 heterocycles. The van der Waals surface area contributed by atoms with Crippen molar-refractivity contribution < 1.29 is 9.47 Å². The predicted molar refractivity (Wildman–Crippen MR) is 105 cm³/mol. The molecule has 0 aromatic heterocycles. The van der Waals surface area contributed by atoms with Crippen molar-refractivity contribution in [1.82, 2.24) is 10.6 Å². The summed E-state index contributed by atoms with van der Waals surface area (Å²) in [6.45, 7) is 16.4. The van der Waals surface area contributed by atoms with Gasteiger partial charge in [-0.2, -0.15) is 0 Å². The molecule has 1 aliphatic carbocycles. The number of hydrogen-bond donors (Lipinski definition) is 2. The van der Waals surface area contributed by atoms with Crippen LogP contribution in [0.2, 0.25) is 0 Å². The molecule has 0 bridgehead atoms. The van der Waals surface area contributed by atoms with Crippen LogP contribution in [-0.2, 0) is 9.47 Å². The van der Waals surface area contributed by atoms with E-state index >= 15 is 0 Å². The molecule has 0 aromatic carbocycles. The van der Waals surface area contributed by atoms with Gasteiger partial charge in [0.1, 0.15) is 0 Å². The van der Waals surface area contributed by atoms with Crippen LogP contribution >= 0.6 is 0 Å². The summed E-state index contributed by atoms with van der Waals surface area (Å²) in [5, 5.41) is 7.32. The van der Waals surface area contributed by atoms with Crippen molar-refractivity contribution >= 4 is 0 Å². The van der Waals surface area contributed by atoms with Crippen LogP contribution in [0.5, 0.6) is 0 Å². The molecule has 0 aromatic rings. The van der Waals surface area contributed by atoms with E-state index in [2.05, 4.69) is 45.3 Å². The third-order valence-corrected chi connectivity index (χ3v) is 5.51. The van der Waals surface area contributed by atoms with Crippen molar-refractivity contribution in [3.05, 3.63) is 0 Å². The average molecular weight is 355 g/mol. The van der Waals surface area contributed by atoms with E-state index in [0.29, 0.717) is 23.6 Å². The van der Waals surface area contributed by atoms with Crippen molar-refractivity contribution in [2.45, 2.75) is 91.3 Å². The number of nitrogens with one attached hydrogen (secondary N) is 2. The highest BCUT2D eigenvalue weighted by Gasteiger charge is 2.31. The number of hydrogen-bond acceptors (Lipinski definition) is 4. The van der Waals surface area contributed by atoms with Crippen LogP contribution in [0.15, 0.2) is 0 Å². The van der Waals surface area contributed by atoms with E-state index in [1.165, 1.54) is 32.1 Å². The summed E-state index contributed by atoms with van der Waals surface area (Å²) < 4.78 is 11.7. The highest BCUT2D eigenvalue weighted by atomic mass is 16.5. The van der Waals surface area contributed by atoms with Gasteiger partial charge in [0.15, 0.2) is 0 Å². The Bertz CT molecular complexity index is 367. The summed E-state index contributed by atoms with van der Waals surface area (Å²) in [6.07, 6.45) is 7.66. The van der Waals surface area contributed by atoms with Gasteiger partial charge in [-0.15, -0.1) is 0 Å². The molecule has 1 aliphatic heterocycles. The second-order valence-corrected chi connectivity index (χ2v) is 10.1. The number of ether oxygens (including phenoxy) is 2. The average Bonchev–Trinajstić information content (AvgIpc) is 2.48. The Labute approximate surface area is 155 Å². The Morgan fingerprint density at radius 2 is 1.64 bits per heavy atom. The van der Waals surface area contributed by atoms with E-state index in [4.69, 9.17) is 9.47 Å². The quantitative estimate of drug-likeness (QED) is 0.627. The molecular weight excluding hydrogens is 312 g/mol. The van der Waals surface area contributed by atoms with Crippen LogP contribution in [-0.4, -0.2) is 51.1 Å². The van der Waals surface area contributed by atoms with E-state index in [1.54, 1.807) is 0 Å². The molecule has 1 saturated carbocycles. The van der Waals surface area contributed by atoms with Gasteiger partial charge < -0.3 is 20.1 Å². The maximum atomic E-state index is 6.17. The lowest BCUT2D eigenvalue weighted by molar-refractivity contribution is -0.0515. The molecule has 25 heavy (non-hydrogen) atoms. The highest BCUT2D eigenvalue weighted by molar-refractivity contribution is 4.87. The third kappa shape index (κ3) is 8.85. The normalized spacial score (nSPS) is 28.0. The molecule has 0 amide bonds. The van der Waals surface area contributed by atoms with Crippen molar-refractivity contribution in [1.29, 1.82) is 0 Å². The molecule has 4 nitrogen and oxygen atoms in total. The van der Waals surface area contributed by atoms with E-state index < -0.39 is 0 Å². The Balaban J connectivity index is 1.49. The fourth-order valence-corrected chi connectivity index (χ4v) is 3.45. The minimum atomic E-state index is 0.243. The molecule has 1 saturated heterocycles. The topological polar surface area (TPSA) is 42.5 Å². The van der Waals surface area contributed by atoms with Gasteiger partial charge in [-0.3, -0.25) is 0 Å². The van der Waals surface area contributed by atoms with Crippen LogP contribution in [0.25, 0.3) is 0 Å². The minimum Gasteiger partial charge on any atom is -0.380 e. The van der Waals surface area contributed by atoms with Gasteiger partial charge in [0.05, 0.1) is 19.3 Å². The monoisotopic (exact) mass is 354 g/mol. The summed E-state index contributed by atoms with van der Waals surface area (Å²) >= 11 is 0. The summed E-state index contributed by atoms with van der Waals surface area (Å²) in [7, 11) is 0. The number of rotatable bonds is 10. The molecule has 2 fully saturated rings. The van der Waals surface area contributed by atoms with Crippen LogP contribution in [0.4, 0.5) is 0 Å². The second kappa shape index (κ2) is 9.68. The zero-order valence-corrected chi connectivity index (χ0v) is 17.3. The first-order valence-corrected chi connectivity index (χ1v) is 10.4. The lowest BCUT2D eigenvalue weighted by Crippen LogP contribution is -2.47. The zero-order chi connectivity index (χ0) is 18.3. The van der Waals surface area contributed by atoms with E-state index in [0.717, 1.165) is 39.3 Å². The molecule has 1 atom stereocenters. The van der Waals surface area contributed by atoms with Crippen molar-refractivity contribution in [2.24, 2.45) is 10.8 Å². The summed E-state index contributed by atoms with van der Waals surface area (Å²) in [4.78, 5) is 0. The minimum absolute atomic E-state index is 0.243. The first-order chi connectivity index (χ1) is 11.7. The maximum Gasteiger partial charge on any atom is 0.0619 e. The van der Waals surface area contributed by atoms with E-state index in [1.807, 2.05) is 0 Å². The summed E-state index contributed by atoms with van der Waals surface area (Å²) in [5.74, 6) is 0. The first-order valence-electron chi connectivity index (χ1n) is 10.4. The highest BCUT2D eigenvalue weighted by Crippen LogP contribution is 2.28. The van der Waals surface area contributed by atoms with Crippen molar-refractivity contribution in [3.63, 3.8) is 0 Å². The van der Waals surface area contributed by atoms with E-state index in [-0.39, 0.29) is 5.41 Å². The fourth-order valence-electron chi connectivity index (χ4n) is 3.45. The second-order valence-electron chi connectivity index (χ2n) is 10.1. The molecule has 0 spiro atoms. The molecule has 148 valence electrons. The first kappa shape index (κ1) is 21.1. The maximum absolute atomic E-state index is 6.17. The SMILES string of the molecule is CC(C)(C)CCNC1CC(OCC(C)(C)CCN[C@@H]2CCCOC2)C1. The van der Waals surface area contributed by atoms with Crippen LogP contribution in [0.1, 0.15) is 73.1 Å². The molecular formula is C21H42N2O2. The molecule has 0 unspecified atom stereocenters. The Hall–Kier alpha value is -0.160. The van der Waals surface area contributed by atoms with Gasteiger partial charge in [-0.05, 0) is 62.4 Å². The standard InChI is InChI=1S/C21H42N2O2/c1-20(2,3)8-10-23-18-13-19(14-18)25-16-21(4,5)9-11-22-17-7-6-12-24-15-17/h17-19,22-23H,6-16H2,1-5H3/t17-,18?,19?/m1/s1. The smallest absolute Gasteiger partial charge is 0.0619 e. The van der Waals surface area contributed by atoms with Crippen LogP contribution in [0.3, 0.4) is 0 Å². The molecule has 2 rings (SSSR count). The predicted octanol–water partition coefficient (Wildman–Crippen LogP) is 3.74. The fraction of sp³-hybridized carbons (Fsp3) is 1.00. The van der Waals surface area contributed by atoms with Crippen molar-refractivity contribution in [2.75, 3.05) is 32.9 Å². The lowest BCUT2D eigenvalue weighted by atomic mass is 9.86. The molecule has 2 N–H and O–H groups in total. The largest absolute Gasteiger partial charge is 0.380 e. The summed E-state index contributed by atoms with van der Waals surface area (Å²) in [5.41, 5.74) is 0.668. The van der Waals surface area contributed by atoms with Crippen LogP contribution in [0, 0.1) is 10.8 Å². The van der Waals surface area contributed by atoms with Gasteiger partial charge in [0.25, 0.3) is 0 Å². The Kier molecular flexibility index (Phi) is 8.19. The lowest BCUT2D eigenvalue weighted by Gasteiger charge is -2.38. The molecule has 4 heteroatoms. The van der Waals surface area contributed by atoms with Gasteiger partial charge in [0, 0.05) is 18.7 Å². The third-order valence-electron chi connectivity index (χ3n) is 5.51. The Morgan fingerprint density at radius 1 is 0.960 bits per heavy atom. The van der Waals surface area contributed by atoms with Gasteiger partial charge in [0.2, 0.25) is 0 Å². The molecule has 2 aliphatic rings.